The number of amides is 1. The van der Waals surface area contributed by atoms with Crippen molar-refractivity contribution < 1.29 is 19.1 Å². The molecule has 0 aliphatic carbocycles. The number of hydrogen-bond acceptors (Lipinski definition) is 5. The standard InChI is InChI=1S/C17H16ClNO4S/c1-23-17(22)11-7-8-12(18)13(10-11)19-16(21)6-2-4-14(20)15-5-3-9-24-15/h3,5,7-10H,2,4,6H2,1H3,(H,19,21). The first-order valence-corrected chi connectivity index (χ1v) is 8.51. The number of benzene rings is 1. The van der Waals surface area contributed by atoms with Crippen molar-refractivity contribution in [3.63, 3.8) is 0 Å². The summed E-state index contributed by atoms with van der Waals surface area (Å²) >= 11 is 7.41. The maximum absolute atomic E-state index is 12.0. The first-order chi connectivity index (χ1) is 11.5. The smallest absolute Gasteiger partial charge is 0.337 e. The summed E-state index contributed by atoms with van der Waals surface area (Å²) in [6.07, 6.45) is 0.941. The number of Topliss-reactive ketones (excluding diaryl/α,β-unsaturated/α-hetero) is 1. The normalized spacial score (nSPS) is 10.2. The molecule has 0 aliphatic rings. The fourth-order valence-corrected chi connectivity index (χ4v) is 2.91. The van der Waals surface area contributed by atoms with Gasteiger partial charge in [-0.1, -0.05) is 17.7 Å². The number of carbonyl (C=O) groups is 3. The van der Waals surface area contributed by atoms with Gasteiger partial charge >= 0.3 is 5.97 Å². The van der Waals surface area contributed by atoms with Gasteiger partial charge in [0.15, 0.2) is 5.78 Å². The predicted molar refractivity (Wildman–Crippen MR) is 93.9 cm³/mol. The van der Waals surface area contributed by atoms with Crippen molar-refractivity contribution in [2.45, 2.75) is 19.3 Å². The molecule has 7 heteroatoms. The maximum Gasteiger partial charge on any atom is 0.337 e. The lowest BCUT2D eigenvalue weighted by atomic mass is 10.1. The van der Waals surface area contributed by atoms with E-state index < -0.39 is 5.97 Å². The minimum atomic E-state index is -0.510. The molecule has 1 aromatic heterocycles. The highest BCUT2D eigenvalue weighted by Gasteiger charge is 2.12. The summed E-state index contributed by atoms with van der Waals surface area (Å²) in [5.41, 5.74) is 0.638. The molecule has 0 saturated heterocycles. The van der Waals surface area contributed by atoms with Crippen molar-refractivity contribution in [1.82, 2.24) is 0 Å². The van der Waals surface area contributed by atoms with E-state index in [0.29, 0.717) is 34.0 Å². The van der Waals surface area contributed by atoms with E-state index in [1.165, 1.54) is 36.6 Å². The summed E-state index contributed by atoms with van der Waals surface area (Å²) in [4.78, 5) is 36.1. The number of nitrogens with one attached hydrogen (secondary N) is 1. The second-order valence-electron chi connectivity index (χ2n) is 4.99. The first-order valence-electron chi connectivity index (χ1n) is 7.25. The van der Waals surface area contributed by atoms with Gasteiger partial charge < -0.3 is 10.1 Å². The largest absolute Gasteiger partial charge is 0.465 e. The highest BCUT2D eigenvalue weighted by Crippen LogP contribution is 2.24. The van der Waals surface area contributed by atoms with Crippen LogP contribution in [0, 0.1) is 0 Å². The van der Waals surface area contributed by atoms with Crippen LogP contribution in [0.2, 0.25) is 5.02 Å². The van der Waals surface area contributed by atoms with Gasteiger partial charge in [0.1, 0.15) is 0 Å². The highest BCUT2D eigenvalue weighted by atomic mass is 35.5. The van der Waals surface area contributed by atoms with E-state index in [4.69, 9.17) is 11.6 Å². The number of anilines is 1. The van der Waals surface area contributed by atoms with Crippen molar-refractivity contribution in [1.29, 1.82) is 0 Å². The number of ether oxygens (including phenoxy) is 1. The fraction of sp³-hybridized carbons (Fsp3) is 0.235. The molecule has 0 unspecified atom stereocenters. The summed E-state index contributed by atoms with van der Waals surface area (Å²) in [5, 5.41) is 4.82. The molecule has 2 rings (SSSR count). The summed E-state index contributed by atoms with van der Waals surface area (Å²) in [6, 6.07) is 8.09. The zero-order valence-corrected chi connectivity index (χ0v) is 14.6. The molecule has 1 N–H and O–H groups in total. The maximum atomic E-state index is 12.0. The summed E-state index contributed by atoms with van der Waals surface area (Å²) < 4.78 is 4.63. The second kappa shape index (κ2) is 8.61. The Balaban J connectivity index is 1.88. The number of halogens is 1. The number of ketones is 1. The average Bonchev–Trinajstić information content (AvgIpc) is 3.10. The number of thiophene rings is 1. The molecule has 0 atom stereocenters. The highest BCUT2D eigenvalue weighted by molar-refractivity contribution is 7.12. The van der Waals surface area contributed by atoms with Crippen LogP contribution in [0.15, 0.2) is 35.7 Å². The zero-order chi connectivity index (χ0) is 17.5. The van der Waals surface area contributed by atoms with Gasteiger partial charge in [-0.05, 0) is 36.1 Å². The molecule has 2 aromatic rings. The second-order valence-corrected chi connectivity index (χ2v) is 6.34. The summed E-state index contributed by atoms with van der Waals surface area (Å²) in [7, 11) is 1.28. The average molecular weight is 366 g/mol. The molecule has 0 saturated carbocycles. The Morgan fingerprint density at radius 3 is 2.67 bits per heavy atom. The summed E-state index contributed by atoms with van der Waals surface area (Å²) in [6.45, 7) is 0. The molecule has 24 heavy (non-hydrogen) atoms. The molecular weight excluding hydrogens is 350 g/mol. The van der Waals surface area contributed by atoms with Gasteiger partial charge in [0.2, 0.25) is 5.91 Å². The van der Waals surface area contributed by atoms with Crippen LogP contribution in [-0.4, -0.2) is 24.8 Å². The molecule has 126 valence electrons. The van der Waals surface area contributed by atoms with Crippen LogP contribution in [-0.2, 0) is 9.53 Å². The third-order valence-corrected chi connectivity index (χ3v) is 4.51. The quantitative estimate of drug-likeness (QED) is 0.590. The molecule has 0 aliphatic heterocycles. The van der Waals surface area contributed by atoms with Gasteiger partial charge in [0, 0.05) is 12.8 Å². The minimum absolute atomic E-state index is 0.0310. The number of hydrogen-bond donors (Lipinski definition) is 1. The SMILES string of the molecule is COC(=O)c1ccc(Cl)c(NC(=O)CCCC(=O)c2cccs2)c1. The van der Waals surface area contributed by atoms with Crippen molar-refractivity contribution in [2.24, 2.45) is 0 Å². The Labute approximate surface area is 148 Å². The lowest BCUT2D eigenvalue weighted by Crippen LogP contribution is -2.13. The molecule has 1 aromatic carbocycles. The fourth-order valence-electron chi connectivity index (χ4n) is 2.05. The Morgan fingerprint density at radius 1 is 1.21 bits per heavy atom. The Hall–Kier alpha value is -2.18. The predicted octanol–water partition coefficient (Wildman–Crippen LogP) is 4.18. The molecular formula is C17H16ClNO4S. The van der Waals surface area contributed by atoms with Crippen molar-refractivity contribution in [2.75, 3.05) is 12.4 Å². The molecule has 1 heterocycles. The number of carbonyl (C=O) groups excluding carboxylic acids is 3. The van der Waals surface area contributed by atoms with Crippen LogP contribution in [0.25, 0.3) is 0 Å². The molecule has 1 amide bonds. The Bertz CT molecular complexity index is 743. The first kappa shape index (κ1) is 18.2. The number of methoxy groups -OCH3 is 1. The van der Waals surface area contributed by atoms with E-state index >= 15 is 0 Å². The number of rotatable bonds is 7. The molecule has 0 radical (unpaired) electrons. The van der Waals surface area contributed by atoms with Gasteiger partial charge in [-0.3, -0.25) is 9.59 Å². The molecule has 0 spiro atoms. The lowest BCUT2D eigenvalue weighted by molar-refractivity contribution is -0.116. The topological polar surface area (TPSA) is 72.5 Å². The van der Waals surface area contributed by atoms with Crippen molar-refractivity contribution in [3.8, 4) is 0 Å². The monoisotopic (exact) mass is 365 g/mol. The number of esters is 1. The Kier molecular flexibility index (Phi) is 6.52. The van der Waals surface area contributed by atoms with E-state index in [0.717, 1.165) is 0 Å². The zero-order valence-electron chi connectivity index (χ0n) is 13.0. The molecule has 5 nitrogen and oxygen atoms in total. The van der Waals surface area contributed by atoms with Crippen molar-refractivity contribution >= 4 is 46.3 Å². The van der Waals surface area contributed by atoms with Gasteiger partial charge in [-0.2, -0.15) is 0 Å². The van der Waals surface area contributed by atoms with Crippen LogP contribution in [0.4, 0.5) is 5.69 Å². The van der Waals surface area contributed by atoms with Crippen LogP contribution in [0.5, 0.6) is 0 Å². The van der Waals surface area contributed by atoms with E-state index in [9.17, 15) is 14.4 Å². The van der Waals surface area contributed by atoms with E-state index in [1.54, 1.807) is 6.07 Å². The van der Waals surface area contributed by atoms with Gasteiger partial charge in [0.05, 0.1) is 28.3 Å². The van der Waals surface area contributed by atoms with E-state index in [-0.39, 0.29) is 18.1 Å². The van der Waals surface area contributed by atoms with Gasteiger partial charge in [-0.25, -0.2) is 4.79 Å². The molecule has 0 bridgehead atoms. The minimum Gasteiger partial charge on any atom is -0.465 e. The Morgan fingerprint density at radius 2 is 2.00 bits per heavy atom. The van der Waals surface area contributed by atoms with E-state index in [2.05, 4.69) is 10.1 Å². The van der Waals surface area contributed by atoms with Crippen molar-refractivity contribution in [3.05, 3.63) is 51.2 Å². The third-order valence-electron chi connectivity index (χ3n) is 3.27. The molecule has 0 fully saturated rings. The lowest BCUT2D eigenvalue weighted by Gasteiger charge is -2.09. The van der Waals surface area contributed by atoms with Crippen LogP contribution in [0.3, 0.4) is 0 Å². The van der Waals surface area contributed by atoms with Crippen LogP contribution in [0.1, 0.15) is 39.3 Å². The van der Waals surface area contributed by atoms with Crippen LogP contribution >= 0.6 is 22.9 Å². The van der Waals surface area contributed by atoms with Gasteiger partial charge in [-0.15, -0.1) is 11.3 Å². The third kappa shape index (κ3) is 4.91. The summed E-state index contributed by atoms with van der Waals surface area (Å²) in [5.74, 6) is -0.745. The van der Waals surface area contributed by atoms with Gasteiger partial charge in [0.25, 0.3) is 0 Å². The van der Waals surface area contributed by atoms with E-state index in [1.807, 2.05) is 11.4 Å². The van der Waals surface area contributed by atoms with Crippen LogP contribution < -0.4 is 5.32 Å².